The lowest BCUT2D eigenvalue weighted by atomic mass is 10.00. The molecule has 3 rings (SSSR count). The average molecular weight is 201 g/mol. The maximum Gasteiger partial charge on any atom is 0.127 e. The summed E-state index contributed by atoms with van der Waals surface area (Å²) in [7, 11) is 0. The number of hydrogen-bond acceptors (Lipinski definition) is 2. The van der Waals surface area contributed by atoms with Crippen molar-refractivity contribution in [2.45, 2.75) is 25.3 Å². The minimum absolute atomic E-state index is 0.0407. The molecule has 1 aliphatic rings. The SMILES string of the molecule is C[C@@]1(c2nc3ccccc3[nH]2)CCCN1. The van der Waals surface area contributed by atoms with Gasteiger partial charge in [0.25, 0.3) is 0 Å². The second kappa shape index (κ2) is 3.07. The second-order valence-electron chi connectivity index (χ2n) is 4.46. The zero-order chi connectivity index (χ0) is 10.3. The van der Waals surface area contributed by atoms with Crippen molar-refractivity contribution in [1.29, 1.82) is 0 Å². The van der Waals surface area contributed by atoms with Gasteiger partial charge in [-0.3, -0.25) is 0 Å². The maximum atomic E-state index is 4.65. The zero-order valence-corrected chi connectivity index (χ0v) is 8.88. The topological polar surface area (TPSA) is 40.7 Å². The number of hydrogen-bond donors (Lipinski definition) is 2. The predicted octanol–water partition coefficient (Wildman–Crippen LogP) is 2.16. The first-order valence-electron chi connectivity index (χ1n) is 5.48. The van der Waals surface area contributed by atoms with E-state index in [0.717, 1.165) is 29.8 Å². The first-order valence-corrected chi connectivity index (χ1v) is 5.48. The third kappa shape index (κ3) is 1.35. The highest BCUT2D eigenvalue weighted by Gasteiger charge is 2.32. The van der Waals surface area contributed by atoms with Gasteiger partial charge in [0.1, 0.15) is 5.82 Å². The smallest absolute Gasteiger partial charge is 0.127 e. The van der Waals surface area contributed by atoms with E-state index in [-0.39, 0.29) is 5.54 Å². The van der Waals surface area contributed by atoms with Gasteiger partial charge in [-0.05, 0) is 38.4 Å². The van der Waals surface area contributed by atoms with Gasteiger partial charge < -0.3 is 10.3 Å². The van der Waals surface area contributed by atoms with Crippen LogP contribution < -0.4 is 5.32 Å². The molecule has 0 spiro atoms. The molecular formula is C12H15N3. The fourth-order valence-electron chi connectivity index (χ4n) is 2.31. The van der Waals surface area contributed by atoms with Crippen LogP contribution in [0.3, 0.4) is 0 Å². The van der Waals surface area contributed by atoms with E-state index in [4.69, 9.17) is 0 Å². The number of imidazole rings is 1. The average Bonchev–Trinajstić information content (AvgIpc) is 2.84. The number of para-hydroxylation sites is 2. The Morgan fingerprint density at radius 2 is 2.20 bits per heavy atom. The minimum atomic E-state index is 0.0407. The van der Waals surface area contributed by atoms with Crippen LogP contribution in [-0.2, 0) is 5.54 Å². The lowest BCUT2D eigenvalue weighted by Crippen LogP contribution is -2.34. The summed E-state index contributed by atoms with van der Waals surface area (Å²) >= 11 is 0. The van der Waals surface area contributed by atoms with Crippen LogP contribution in [0.15, 0.2) is 24.3 Å². The Labute approximate surface area is 88.9 Å². The van der Waals surface area contributed by atoms with Gasteiger partial charge in [-0.25, -0.2) is 4.98 Å². The maximum absolute atomic E-state index is 4.65. The van der Waals surface area contributed by atoms with Crippen molar-refractivity contribution in [3.05, 3.63) is 30.1 Å². The summed E-state index contributed by atoms with van der Waals surface area (Å²) in [5.74, 6) is 1.07. The Bertz CT molecular complexity index is 447. The molecule has 2 N–H and O–H groups in total. The molecule has 1 aliphatic heterocycles. The minimum Gasteiger partial charge on any atom is -0.340 e. The summed E-state index contributed by atoms with van der Waals surface area (Å²) in [4.78, 5) is 8.05. The largest absolute Gasteiger partial charge is 0.340 e. The molecule has 0 amide bonds. The van der Waals surface area contributed by atoms with E-state index in [0.29, 0.717) is 0 Å². The first kappa shape index (κ1) is 8.92. The summed E-state index contributed by atoms with van der Waals surface area (Å²) in [6, 6.07) is 8.18. The van der Waals surface area contributed by atoms with Crippen LogP contribution in [0.25, 0.3) is 11.0 Å². The van der Waals surface area contributed by atoms with Crippen molar-refractivity contribution >= 4 is 11.0 Å². The van der Waals surface area contributed by atoms with Crippen molar-refractivity contribution in [2.75, 3.05) is 6.54 Å². The van der Waals surface area contributed by atoms with Crippen molar-refractivity contribution in [3.8, 4) is 0 Å². The summed E-state index contributed by atoms with van der Waals surface area (Å²) in [6.07, 6.45) is 2.39. The quantitative estimate of drug-likeness (QED) is 0.742. The van der Waals surface area contributed by atoms with E-state index in [2.05, 4.69) is 28.3 Å². The van der Waals surface area contributed by atoms with Gasteiger partial charge in [-0.1, -0.05) is 12.1 Å². The van der Waals surface area contributed by atoms with Crippen LogP contribution in [0, 0.1) is 0 Å². The lowest BCUT2D eigenvalue weighted by molar-refractivity contribution is 0.412. The molecule has 2 aromatic rings. The number of rotatable bonds is 1. The molecule has 0 unspecified atom stereocenters. The normalized spacial score (nSPS) is 26.2. The molecule has 78 valence electrons. The molecule has 0 saturated carbocycles. The number of benzene rings is 1. The van der Waals surface area contributed by atoms with E-state index < -0.39 is 0 Å². The Morgan fingerprint density at radius 1 is 1.33 bits per heavy atom. The Hall–Kier alpha value is -1.35. The fourth-order valence-corrected chi connectivity index (χ4v) is 2.31. The van der Waals surface area contributed by atoms with Gasteiger partial charge in [-0.15, -0.1) is 0 Å². The van der Waals surface area contributed by atoms with Crippen LogP contribution in [-0.4, -0.2) is 16.5 Å². The third-order valence-corrected chi connectivity index (χ3v) is 3.28. The Kier molecular flexibility index (Phi) is 1.83. The molecule has 1 aromatic heterocycles. The number of nitrogens with one attached hydrogen (secondary N) is 2. The monoisotopic (exact) mass is 201 g/mol. The van der Waals surface area contributed by atoms with Crippen LogP contribution in [0.4, 0.5) is 0 Å². The molecule has 0 aliphatic carbocycles. The predicted molar refractivity (Wildman–Crippen MR) is 60.7 cm³/mol. The van der Waals surface area contributed by atoms with E-state index in [9.17, 15) is 0 Å². The molecule has 0 radical (unpaired) electrons. The highest BCUT2D eigenvalue weighted by atomic mass is 15.1. The highest BCUT2D eigenvalue weighted by Crippen LogP contribution is 2.29. The van der Waals surface area contributed by atoms with Crippen molar-refractivity contribution < 1.29 is 0 Å². The standard InChI is InChI=1S/C12H15N3/c1-12(7-4-8-13-12)11-14-9-5-2-3-6-10(9)15-11/h2-3,5-6,13H,4,7-8H2,1H3,(H,14,15)/t12-/m0/s1. The molecular weight excluding hydrogens is 186 g/mol. The molecule has 3 heteroatoms. The van der Waals surface area contributed by atoms with Gasteiger partial charge in [0.05, 0.1) is 16.6 Å². The van der Waals surface area contributed by atoms with Gasteiger partial charge in [0.2, 0.25) is 0 Å². The molecule has 15 heavy (non-hydrogen) atoms. The van der Waals surface area contributed by atoms with Crippen LogP contribution >= 0.6 is 0 Å². The number of fused-ring (bicyclic) bond motifs is 1. The van der Waals surface area contributed by atoms with Gasteiger partial charge in [-0.2, -0.15) is 0 Å². The Balaban J connectivity index is 2.11. The fraction of sp³-hybridized carbons (Fsp3) is 0.417. The third-order valence-electron chi connectivity index (χ3n) is 3.28. The van der Waals surface area contributed by atoms with Crippen LogP contribution in [0.2, 0.25) is 0 Å². The van der Waals surface area contributed by atoms with Gasteiger partial charge >= 0.3 is 0 Å². The Morgan fingerprint density at radius 3 is 2.93 bits per heavy atom. The van der Waals surface area contributed by atoms with E-state index in [1.54, 1.807) is 0 Å². The van der Waals surface area contributed by atoms with Crippen molar-refractivity contribution in [2.24, 2.45) is 0 Å². The van der Waals surface area contributed by atoms with Crippen LogP contribution in [0.1, 0.15) is 25.6 Å². The molecule has 1 fully saturated rings. The first-order chi connectivity index (χ1) is 7.28. The summed E-state index contributed by atoms with van der Waals surface area (Å²) in [6.45, 7) is 3.31. The van der Waals surface area contributed by atoms with E-state index >= 15 is 0 Å². The molecule has 0 bridgehead atoms. The molecule has 1 aromatic carbocycles. The molecule has 1 saturated heterocycles. The number of aromatic amines is 1. The number of H-pyrrole nitrogens is 1. The highest BCUT2D eigenvalue weighted by molar-refractivity contribution is 5.74. The van der Waals surface area contributed by atoms with Crippen molar-refractivity contribution in [1.82, 2.24) is 15.3 Å². The molecule has 2 heterocycles. The second-order valence-corrected chi connectivity index (χ2v) is 4.46. The summed E-state index contributed by atoms with van der Waals surface area (Å²) < 4.78 is 0. The van der Waals surface area contributed by atoms with Crippen LogP contribution in [0.5, 0.6) is 0 Å². The zero-order valence-electron chi connectivity index (χ0n) is 8.88. The summed E-state index contributed by atoms with van der Waals surface area (Å²) in [5, 5.41) is 3.52. The van der Waals surface area contributed by atoms with Gasteiger partial charge in [0.15, 0.2) is 0 Å². The van der Waals surface area contributed by atoms with E-state index in [1.165, 1.54) is 6.42 Å². The molecule has 1 atom stereocenters. The lowest BCUT2D eigenvalue weighted by Gasteiger charge is -2.21. The summed E-state index contributed by atoms with van der Waals surface area (Å²) in [5.41, 5.74) is 2.23. The van der Waals surface area contributed by atoms with E-state index in [1.807, 2.05) is 18.2 Å². The molecule has 3 nitrogen and oxygen atoms in total. The number of nitrogens with zero attached hydrogens (tertiary/aromatic N) is 1. The van der Waals surface area contributed by atoms with Gasteiger partial charge in [0, 0.05) is 0 Å². The van der Waals surface area contributed by atoms with Crippen molar-refractivity contribution in [3.63, 3.8) is 0 Å². The number of aromatic nitrogens is 2.